The number of Topliss-reactive ketones (excluding diaryl/α,β-unsaturated/α-hetero) is 1. The van der Waals surface area contributed by atoms with Crippen LogP contribution in [0.5, 0.6) is 0 Å². The second kappa shape index (κ2) is 3.62. The van der Waals surface area contributed by atoms with E-state index in [1.165, 1.54) is 0 Å². The van der Waals surface area contributed by atoms with Gasteiger partial charge in [-0.05, 0) is 19.9 Å². The van der Waals surface area contributed by atoms with Crippen molar-refractivity contribution in [3.8, 4) is 0 Å². The maximum atomic E-state index is 10.8. The lowest BCUT2D eigenvalue weighted by Crippen LogP contribution is -2.36. The van der Waals surface area contributed by atoms with Crippen LogP contribution in [0.3, 0.4) is 0 Å². The molecule has 0 spiro atoms. The highest BCUT2D eigenvalue weighted by molar-refractivity contribution is 5.81. The van der Waals surface area contributed by atoms with Crippen molar-refractivity contribution in [3.63, 3.8) is 0 Å². The average molecular weight is 131 g/mol. The molecule has 0 rings (SSSR count). The number of carbonyl (C=O) groups is 1. The smallest absolute Gasteiger partial charge is 0.146 e. The van der Waals surface area contributed by atoms with Gasteiger partial charge in [-0.2, -0.15) is 0 Å². The Morgan fingerprint density at radius 3 is 2.00 bits per heavy atom. The predicted molar refractivity (Wildman–Crippen MR) is 40.5 cm³/mol. The third-order valence-electron chi connectivity index (χ3n) is 1.42. The minimum absolute atomic E-state index is 0. The van der Waals surface area contributed by atoms with Gasteiger partial charge in [0.05, 0.1) is 6.04 Å². The zero-order valence-corrected chi connectivity index (χ0v) is 6.56. The van der Waals surface area contributed by atoms with Crippen molar-refractivity contribution in [2.24, 2.45) is 5.92 Å². The molecule has 0 fully saturated rings. The molecule has 56 valence electrons. The minimum atomic E-state index is 0. The fourth-order valence-electron chi connectivity index (χ4n) is 1.01. The first-order valence-electron chi connectivity index (χ1n) is 3.27. The summed E-state index contributed by atoms with van der Waals surface area (Å²) in [5.41, 5.74) is 0. The topological polar surface area (TPSA) is 29.1 Å². The van der Waals surface area contributed by atoms with Crippen LogP contribution in [-0.4, -0.2) is 18.9 Å². The Morgan fingerprint density at radius 2 is 2.00 bits per heavy atom. The molecule has 9 heavy (non-hydrogen) atoms. The van der Waals surface area contributed by atoms with Gasteiger partial charge >= 0.3 is 0 Å². The van der Waals surface area contributed by atoms with Gasteiger partial charge in [-0.3, -0.25) is 4.79 Å². The van der Waals surface area contributed by atoms with Gasteiger partial charge in [0.25, 0.3) is 0 Å². The van der Waals surface area contributed by atoms with Crippen molar-refractivity contribution in [2.75, 3.05) is 7.05 Å². The Hall–Kier alpha value is -0.370. The zero-order chi connectivity index (χ0) is 7.44. The lowest BCUT2D eigenvalue weighted by atomic mass is 10.0. The fourth-order valence-corrected chi connectivity index (χ4v) is 1.01. The highest BCUT2D eigenvalue weighted by atomic mass is 16.1. The first kappa shape index (κ1) is 8.63. The van der Waals surface area contributed by atoms with Gasteiger partial charge in [0.2, 0.25) is 0 Å². The van der Waals surface area contributed by atoms with Crippen LogP contribution in [0.25, 0.3) is 0 Å². The highest BCUT2D eigenvalue weighted by Crippen LogP contribution is 2.00. The van der Waals surface area contributed by atoms with E-state index in [0.29, 0.717) is 5.92 Å². The molecule has 0 unspecified atom stereocenters. The van der Waals surface area contributed by atoms with Crippen molar-refractivity contribution in [1.82, 2.24) is 5.32 Å². The van der Waals surface area contributed by atoms with Crippen LogP contribution < -0.4 is 5.32 Å². The largest absolute Gasteiger partial charge is 0.310 e. The van der Waals surface area contributed by atoms with E-state index in [1.54, 1.807) is 6.92 Å². The Balaban J connectivity index is 0. The van der Waals surface area contributed by atoms with Crippen LogP contribution in [0.4, 0.5) is 0 Å². The first-order chi connectivity index (χ1) is 4.09. The van der Waals surface area contributed by atoms with Crippen LogP contribution >= 0.6 is 0 Å². The maximum absolute atomic E-state index is 10.8. The number of ketones is 1. The number of likely N-dealkylation sites (N-methyl/N-ethyl adjacent to an activating group) is 1. The number of nitrogens with one attached hydrogen (secondary N) is 1. The van der Waals surface area contributed by atoms with Crippen LogP contribution in [0.2, 0.25) is 0 Å². The molecule has 0 aliphatic heterocycles. The van der Waals surface area contributed by atoms with Crippen LogP contribution in [0.1, 0.15) is 22.2 Å². The molecule has 0 aliphatic rings. The third kappa shape index (κ3) is 2.61. The van der Waals surface area contributed by atoms with Gasteiger partial charge in [0, 0.05) is 1.43 Å². The molecule has 0 radical (unpaired) electrons. The lowest BCUT2D eigenvalue weighted by Gasteiger charge is -2.15. The van der Waals surface area contributed by atoms with Gasteiger partial charge in [-0.25, -0.2) is 0 Å². The molecule has 0 saturated heterocycles. The standard InChI is InChI=1S/C7H15NO.H2/c1-5(2)7(8-4)6(3)9;/h5,7-8H,1-4H3;1H/t7-;/m0./s1. The first-order valence-corrected chi connectivity index (χ1v) is 3.27. The minimum Gasteiger partial charge on any atom is -0.310 e. The summed E-state index contributed by atoms with van der Waals surface area (Å²) < 4.78 is 0. The Morgan fingerprint density at radius 1 is 1.56 bits per heavy atom. The molecule has 2 heteroatoms. The van der Waals surface area contributed by atoms with Gasteiger partial charge in [0.1, 0.15) is 5.78 Å². The molecule has 0 saturated carbocycles. The van der Waals surface area contributed by atoms with Gasteiger partial charge in [0.15, 0.2) is 0 Å². The Kier molecular flexibility index (Phi) is 3.47. The lowest BCUT2D eigenvalue weighted by molar-refractivity contribution is -0.119. The SMILES string of the molecule is CN[C@H](C(C)=O)C(C)C.[HH]. The van der Waals surface area contributed by atoms with E-state index >= 15 is 0 Å². The molecule has 0 aromatic rings. The van der Waals surface area contributed by atoms with Gasteiger partial charge < -0.3 is 5.32 Å². The molecule has 0 aromatic carbocycles. The predicted octanol–water partition coefficient (Wildman–Crippen LogP) is 1.07. The van der Waals surface area contributed by atoms with Crippen LogP contribution in [0, 0.1) is 5.92 Å². The maximum Gasteiger partial charge on any atom is 0.146 e. The number of rotatable bonds is 3. The molecule has 2 nitrogen and oxygen atoms in total. The summed E-state index contributed by atoms with van der Waals surface area (Å²) in [7, 11) is 1.81. The van der Waals surface area contributed by atoms with Gasteiger partial charge in [-0.15, -0.1) is 0 Å². The van der Waals surface area contributed by atoms with E-state index in [4.69, 9.17) is 0 Å². The van der Waals surface area contributed by atoms with E-state index in [-0.39, 0.29) is 13.3 Å². The highest BCUT2D eigenvalue weighted by Gasteiger charge is 2.14. The van der Waals surface area contributed by atoms with E-state index in [0.717, 1.165) is 0 Å². The molecule has 0 aromatic heterocycles. The molecule has 0 aliphatic carbocycles. The second-order valence-corrected chi connectivity index (χ2v) is 2.62. The summed E-state index contributed by atoms with van der Waals surface area (Å²) in [6.45, 7) is 5.67. The van der Waals surface area contributed by atoms with E-state index < -0.39 is 0 Å². The Bertz CT molecular complexity index is 104. The zero-order valence-electron chi connectivity index (χ0n) is 6.56. The van der Waals surface area contributed by atoms with Crippen LogP contribution in [0.15, 0.2) is 0 Å². The number of hydrogen-bond donors (Lipinski definition) is 1. The van der Waals surface area contributed by atoms with Crippen LogP contribution in [-0.2, 0) is 4.79 Å². The summed E-state index contributed by atoms with van der Waals surface area (Å²) in [4.78, 5) is 10.8. The summed E-state index contributed by atoms with van der Waals surface area (Å²) in [6, 6.07) is 0.0324. The Labute approximate surface area is 58.1 Å². The summed E-state index contributed by atoms with van der Waals surface area (Å²) >= 11 is 0. The van der Waals surface area contributed by atoms with Crippen molar-refractivity contribution in [3.05, 3.63) is 0 Å². The van der Waals surface area contributed by atoms with Crippen molar-refractivity contribution < 1.29 is 6.22 Å². The van der Waals surface area contributed by atoms with E-state index in [2.05, 4.69) is 5.32 Å². The molecular formula is C7H17NO. The third-order valence-corrected chi connectivity index (χ3v) is 1.42. The van der Waals surface area contributed by atoms with Crippen molar-refractivity contribution >= 4 is 5.78 Å². The summed E-state index contributed by atoms with van der Waals surface area (Å²) in [5, 5.41) is 2.95. The van der Waals surface area contributed by atoms with E-state index in [9.17, 15) is 4.79 Å². The molecule has 1 N–H and O–H groups in total. The van der Waals surface area contributed by atoms with Gasteiger partial charge in [-0.1, -0.05) is 13.8 Å². The number of hydrogen-bond acceptors (Lipinski definition) is 2. The molecule has 0 bridgehead atoms. The quantitative estimate of drug-likeness (QED) is 0.620. The van der Waals surface area contributed by atoms with Crippen molar-refractivity contribution in [2.45, 2.75) is 26.8 Å². The average Bonchev–Trinajstić information content (AvgIpc) is 1.64. The fraction of sp³-hybridized carbons (Fsp3) is 0.857. The second-order valence-electron chi connectivity index (χ2n) is 2.62. The normalized spacial score (nSPS) is 13.9. The summed E-state index contributed by atoms with van der Waals surface area (Å²) in [5.74, 6) is 0.611. The molecule has 0 amide bonds. The summed E-state index contributed by atoms with van der Waals surface area (Å²) in [6.07, 6.45) is 0. The monoisotopic (exact) mass is 131 g/mol. The molecular weight excluding hydrogens is 114 g/mol. The van der Waals surface area contributed by atoms with E-state index in [1.807, 2.05) is 20.9 Å². The molecule has 0 heterocycles. The van der Waals surface area contributed by atoms with Crippen molar-refractivity contribution in [1.29, 1.82) is 0 Å². The number of carbonyl (C=O) groups excluding carboxylic acids is 1. The molecule has 1 atom stereocenters.